The summed E-state index contributed by atoms with van der Waals surface area (Å²) in [5.41, 5.74) is 2.57. The van der Waals surface area contributed by atoms with Crippen molar-refractivity contribution < 1.29 is 4.79 Å². The highest BCUT2D eigenvalue weighted by atomic mass is 79.9. The number of halogens is 1. The van der Waals surface area contributed by atoms with E-state index in [1.807, 2.05) is 49.4 Å². The van der Waals surface area contributed by atoms with E-state index in [-0.39, 0.29) is 17.2 Å². The van der Waals surface area contributed by atoms with Gasteiger partial charge in [-0.3, -0.25) is 9.59 Å². The molecule has 3 aromatic rings. The first-order valence-electron chi connectivity index (χ1n) is 7.73. The number of pyridine rings is 1. The maximum absolute atomic E-state index is 12.3. The number of aryl methyl sites for hydroxylation is 2. The number of hydrogen-bond donors (Lipinski definition) is 1. The molecule has 1 N–H and O–H groups in total. The first-order chi connectivity index (χ1) is 12.0. The Morgan fingerprint density at radius 1 is 1.20 bits per heavy atom. The molecule has 128 valence electrons. The zero-order chi connectivity index (χ0) is 18.0. The highest BCUT2D eigenvalue weighted by Crippen LogP contribution is 2.26. The van der Waals surface area contributed by atoms with Crippen LogP contribution >= 0.6 is 27.7 Å². The van der Waals surface area contributed by atoms with E-state index in [1.54, 1.807) is 17.7 Å². The van der Waals surface area contributed by atoms with Crippen LogP contribution in [-0.4, -0.2) is 16.2 Å². The van der Waals surface area contributed by atoms with Gasteiger partial charge in [-0.15, -0.1) is 11.8 Å². The van der Waals surface area contributed by atoms with Gasteiger partial charge in [0.25, 0.3) is 5.56 Å². The summed E-state index contributed by atoms with van der Waals surface area (Å²) in [5, 5.41) is 3.89. The topological polar surface area (TPSA) is 51.1 Å². The van der Waals surface area contributed by atoms with Crippen molar-refractivity contribution in [3.8, 4) is 0 Å². The second-order valence-electron chi connectivity index (χ2n) is 5.72. The van der Waals surface area contributed by atoms with Crippen LogP contribution in [0.15, 0.2) is 62.7 Å². The SMILES string of the molecule is Cc1cc(Br)ccc1NC(=O)CSc1cc(=O)n(C)c2ccccc12. The minimum Gasteiger partial charge on any atom is -0.325 e. The lowest BCUT2D eigenvalue weighted by Gasteiger charge is -2.11. The van der Waals surface area contributed by atoms with Crippen molar-refractivity contribution >= 4 is 50.2 Å². The Morgan fingerprint density at radius 2 is 1.96 bits per heavy atom. The lowest BCUT2D eigenvalue weighted by molar-refractivity contribution is -0.113. The molecule has 4 nitrogen and oxygen atoms in total. The van der Waals surface area contributed by atoms with Gasteiger partial charge in [0.2, 0.25) is 5.91 Å². The van der Waals surface area contributed by atoms with Gasteiger partial charge in [0.15, 0.2) is 0 Å². The summed E-state index contributed by atoms with van der Waals surface area (Å²) in [6, 6.07) is 15.0. The molecule has 3 rings (SSSR count). The quantitative estimate of drug-likeness (QED) is 0.643. The van der Waals surface area contributed by atoms with E-state index in [1.165, 1.54) is 11.8 Å². The molecular weight excluding hydrogens is 400 g/mol. The van der Waals surface area contributed by atoms with Gasteiger partial charge in [-0.1, -0.05) is 34.1 Å². The molecule has 0 spiro atoms. The number of benzene rings is 2. The van der Waals surface area contributed by atoms with E-state index < -0.39 is 0 Å². The van der Waals surface area contributed by atoms with Crippen LogP contribution in [0.4, 0.5) is 5.69 Å². The predicted molar refractivity (Wildman–Crippen MR) is 107 cm³/mol. The van der Waals surface area contributed by atoms with Gasteiger partial charge < -0.3 is 9.88 Å². The average Bonchev–Trinajstić information content (AvgIpc) is 2.59. The average molecular weight is 417 g/mol. The summed E-state index contributed by atoms with van der Waals surface area (Å²) in [4.78, 5) is 25.2. The number of nitrogens with one attached hydrogen (secondary N) is 1. The number of amides is 1. The van der Waals surface area contributed by atoms with Crippen molar-refractivity contribution in [2.75, 3.05) is 11.1 Å². The van der Waals surface area contributed by atoms with E-state index in [4.69, 9.17) is 0 Å². The molecular formula is C19H17BrN2O2S. The van der Waals surface area contributed by atoms with Gasteiger partial charge in [-0.05, 0) is 36.8 Å². The maximum atomic E-state index is 12.3. The number of fused-ring (bicyclic) bond motifs is 1. The number of anilines is 1. The molecule has 2 aromatic carbocycles. The Labute approximate surface area is 158 Å². The van der Waals surface area contributed by atoms with Crippen LogP contribution in [0.1, 0.15) is 5.56 Å². The van der Waals surface area contributed by atoms with Crippen LogP contribution in [0.5, 0.6) is 0 Å². The van der Waals surface area contributed by atoms with E-state index in [2.05, 4.69) is 21.2 Å². The minimum absolute atomic E-state index is 0.0784. The van der Waals surface area contributed by atoms with Crippen molar-refractivity contribution in [3.63, 3.8) is 0 Å². The van der Waals surface area contributed by atoms with E-state index in [9.17, 15) is 9.59 Å². The molecule has 0 aliphatic heterocycles. The summed E-state index contributed by atoms with van der Waals surface area (Å²) < 4.78 is 2.59. The largest absolute Gasteiger partial charge is 0.325 e. The molecule has 0 radical (unpaired) electrons. The molecule has 0 aliphatic carbocycles. The van der Waals surface area contributed by atoms with Gasteiger partial charge in [-0.2, -0.15) is 0 Å². The zero-order valence-corrected chi connectivity index (χ0v) is 16.3. The number of hydrogen-bond acceptors (Lipinski definition) is 3. The molecule has 1 aromatic heterocycles. The van der Waals surface area contributed by atoms with Gasteiger partial charge in [0.05, 0.1) is 11.3 Å². The van der Waals surface area contributed by atoms with Gasteiger partial charge in [0.1, 0.15) is 0 Å². The van der Waals surface area contributed by atoms with Crippen LogP contribution in [0.25, 0.3) is 10.9 Å². The number of nitrogens with zero attached hydrogens (tertiary/aromatic N) is 1. The van der Waals surface area contributed by atoms with Gasteiger partial charge in [0, 0.05) is 33.6 Å². The third kappa shape index (κ3) is 3.96. The molecule has 0 unspecified atom stereocenters. The number of carbonyl (C=O) groups is 1. The van der Waals surface area contributed by atoms with Crippen molar-refractivity contribution in [3.05, 3.63) is 68.9 Å². The smallest absolute Gasteiger partial charge is 0.251 e. The standard InChI is InChI=1S/C19H17BrN2O2S/c1-12-9-13(20)7-8-15(12)21-18(23)11-25-17-10-19(24)22(2)16-6-4-3-5-14(16)17/h3-10H,11H2,1-2H3,(H,21,23). The third-order valence-electron chi connectivity index (χ3n) is 3.94. The van der Waals surface area contributed by atoms with E-state index in [0.29, 0.717) is 0 Å². The first-order valence-corrected chi connectivity index (χ1v) is 9.51. The number of para-hydroxylation sites is 1. The highest BCUT2D eigenvalue weighted by Gasteiger charge is 2.10. The van der Waals surface area contributed by atoms with Crippen LogP contribution in [0.2, 0.25) is 0 Å². The fourth-order valence-corrected chi connectivity index (χ4v) is 3.94. The van der Waals surface area contributed by atoms with Crippen molar-refractivity contribution in [1.82, 2.24) is 4.57 Å². The van der Waals surface area contributed by atoms with Crippen LogP contribution in [0.3, 0.4) is 0 Å². The molecule has 0 atom stereocenters. The Balaban J connectivity index is 1.77. The Kier molecular flexibility index (Phi) is 5.30. The molecule has 1 heterocycles. The fourth-order valence-electron chi connectivity index (χ4n) is 2.60. The number of aromatic nitrogens is 1. The summed E-state index contributed by atoms with van der Waals surface area (Å²) in [7, 11) is 1.75. The fraction of sp³-hybridized carbons (Fsp3) is 0.158. The summed E-state index contributed by atoms with van der Waals surface area (Å²) in [6.07, 6.45) is 0. The van der Waals surface area contributed by atoms with Gasteiger partial charge in [-0.25, -0.2) is 0 Å². The van der Waals surface area contributed by atoms with Crippen molar-refractivity contribution in [2.45, 2.75) is 11.8 Å². The van der Waals surface area contributed by atoms with Crippen molar-refractivity contribution in [2.24, 2.45) is 7.05 Å². The molecule has 0 aliphatic rings. The molecule has 0 fully saturated rings. The molecule has 0 bridgehead atoms. The Bertz CT molecular complexity index is 1010. The summed E-state index contributed by atoms with van der Waals surface area (Å²) in [6.45, 7) is 1.95. The third-order valence-corrected chi connectivity index (χ3v) is 5.49. The highest BCUT2D eigenvalue weighted by molar-refractivity contribution is 9.10. The number of rotatable bonds is 4. The summed E-state index contributed by atoms with van der Waals surface area (Å²) in [5.74, 6) is 0.146. The molecule has 1 amide bonds. The van der Waals surface area contributed by atoms with Crippen LogP contribution < -0.4 is 10.9 Å². The lowest BCUT2D eigenvalue weighted by atomic mass is 10.2. The monoisotopic (exact) mass is 416 g/mol. The Hall–Kier alpha value is -2.05. The number of carbonyl (C=O) groups excluding carboxylic acids is 1. The summed E-state index contributed by atoms with van der Waals surface area (Å²) >= 11 is 4.79. The van der Waals surface area contributed by atoms with E-state index in [0.717, 1.165) is 31.5 Å². The molecule has 0 saturated heterocycles. The molecule has 25 heavy (non-hydrogen) atoms. The van der Waals surface area contributed by atoms with E-state index >= 15 is 0 Å². The van der Waals surface area contributed by atoms with Gasteiger partial charge >= 0.3 is 0 Å². The van der Waals surface area contributed by atoms with Crippen LogP contribution in [0, 0.1) is 6.92 Å². The maximum Gasteiger partial charge on any atom is 0.251 e. The number of thioether (sulfide) groups is 1. The second kappa shape index (κ2) is 7.45. The van der Waals surface area contributed by atoms with Crippen LogP contribution in [-0.2, 0) is 11.8 Å². The van der Waals surface area contributed by atoms with Crippen molar-refractivity contribution in [1.29, 1.82) is 0 Å². The second-order valence-corrected chi connectivity index (χ2v) is 7.65. The minimum atomic E-state index is -0.0971. The normalized spacial score (nSPS) is 10.8. The predicted octanol–water partition coefficient (Wildman–Crippen LogP) is 4.34. The molecule has 6 heteroatoms. The lowest BCUT2D eigenvalue weighted by Crippen LogP contribution is -2.17. The first kappa shape index (κ1) is 17.8. The Morgan fingerprint density at radius 3 is 2.72 bits per heavy atom. The zero-order valence-electron chi connectivity index (χ0n) is 13.9. The molecule has 0 saturated carbocycles.